The number of piperazine rings is 1. The Morgan fingerprint density at radius 2 is 1.68 bits per heavy atom. The molecular weight excluding hydrogens is 371 g/mol. The second kappa shape index (κ2) is 7.46. The summed E-state index contributed by atoms with van der Waals surface area (Å²) < 4.78 is 43.4. The van der Waals surface area contributed by atoms with Gasteiger partial charge in [-0.3, -0.25) is 4.90 Å². The first-order chi connectivity index (χ1) is 12.9. The molecule has 2 heterocycles. The van der Waals surface area contributed by atoms with Gasteiger partial charge >= 0.3 is 12.3 Å². The highest BCUT2D eigenvalue weighted by Gasteiger charge is 2.44. The Kier molecular flexibility index (Phi) is 5.53. The van der Waals surface area contributed by atoms with Crippen LogP contribution in [0.3, 0.4) is 0 Å². The largest absolute Gasteiger partial charge is 0.444 e. The van der Waals surface area contributed by atoms with Gasteiger partial charge in [0.15, 0.2) is 0 Å². The Labute approximate surface area is 163 Å². The highest BCUT2D eigenvalue weighted by atomic mass is 19.4. The predicted molar refractivity (Wildman–Crippen MR) is 101 cm³/mol. The molecular formula is C20H28F3N3O2. The predicted octanol–water partition coefficient (Wildman–Crippen LogP) is 3.71. The summed E-state index contributed by atoms with van der Waals surface area (Å²) in [6.07, 6.45) is -3.04. The zero-order valence-electron chi connectivity index (χ0n) is 16.5. The lowest BCUT2D eigenvalue weighted by molar-refractivity contribution is -0.147. The maximum absolute atomic E-state index is 12.6. The van der Waals surface area contributed by atoms with Gasteiger partial charge in [-0.2, -0.15) is 13.2 Å². The minimum absolute atomic E-state index is 0.0897. The van der Waals surface area contributed by atoms with Gasteiger partial charge in [0.05, 0.1) is 12.1 Å². The van der Waals surface area contributed by atoms with Crippen LogP contribution in [0.2, 0.25) is 0 Å². The molecule has 8 heteroatoms. The Bertz CT molecular complexity index is 686. The van der Waals surface area contributed by atoms with E-state index in [9.17, 15) is 18.0 Å². The van der Waals surface area contributed by atoms with Crippen molar-refractivity contribution in [2.45, 2.75) is 69.9 Å². The normalized spacial score (nSPS) is 23.7. The third-order valence-electron chi connectivity index (χ3n) is 5.26. The first-order valence-electron chi connectivity index (χ1n) is 9.61. The number of nitrogens with zero attached hydrogens (tertiary/aromatic N) is 2. The number of hydrogen-bond donors (Lipinski definition) is 1. The number of halogens is 3. The molecule has 0 aromatic heterocycles. The lowest BCUT2D eigenvalue weighted by Gasteiger charge is -2.42. The van der Waals surface area contributed by atoms with Crippen molar-refractivity contribution < 1.29 is 22.7 Å². The van der Waals surface area contributed by atoms with Crippen LogP contribution in [-0.2, 0) is 11.2 Å². The van der Waals surface area contributed by atoms with Crippen LogP contribution in [0.1, 0.15) is 39.2 Å². The third-order valence-corrected chi connectivity index (χ3v) is 5.26. The molecule has 2 N–H and O–H groups in total. The van der Waals surface area contributed by atoms with E-state index in [-0.39, 0.29) is 24.6 Å². The molecule has 28 heavy (non-hydrogen) atoms. The lowest BCUT2D eigenvalue weighted by Crippen LogP contribution is -2.56. The van der Waals surface area contributed by atoms with Crippen molar-refractivity contribution in [2.75, 3.05) is 18.0 Å². The molecule has 2 saturated heterocycles. The number of ether oxygens (including phenoxy) is 1. The van der Waals surface area contributed by atoms with Gasteiger partial charge < -0.3 is 15.4 Å². The van der Waals surface area contributed by atoms with Crippen molar-refractivity contribution in [1.82, 2.24) is 4.90 Å². The van der Waals surface area contributed by atoms with E-state index in [4.69, 9.17) is 10.5 Å². The third kappa shape index (κ3) is 4.71. The van der Waals surface area contributed by atoms with Crippen molar-refractivity contribution in [2.24, 2.45) is 5.73 Å². The van der Waals surface area contributed by atoms with Gasteiger partial charge in [0, 0.05) is 18.8 Å². The van der Waals surface area contributed by atoms with Crippen LogP contribution in [0.25, 0.3) is 0 Å². The second-order valence-electron chi connectivity index (χ2n) is 8.70. The summed E-state index contributed by atoms with van der Waals surface area (Å²) in [6.45, 7) is 6.95. The minimum Gasteiger partial charge on any atom is -0.444 e. The van der Waals surface area contributed by atoms with Gasteiger partial charge in [-0.15, -0.1) is 0 Å². The van der Waals surface area contributed by atoms with E-state index in [1.165, 1.54) is 0 Å². The number of rotatable bonds is 3. The van der Waals surface area contributed by atoms with Crippen LogP contribution in [0.15, 0.2) is 24.3 Å². The Balaban J connectivity index is 1.64. The molecule has 2 aliphatic rings. The number of fused-ring (bicyclic) bond motifs is 2. The molecule has 0 aliphatic carbocycles. The molecule has 0 radical (unpaired) electrons. The lowest BCUT2D eigenvalue weighted by atomic mass is 10.0. The van der Waals surface area contributed by atoms with E-state index in [0.717, 1.165) is 18.5 Å². The number of anilines is 1. The molecule has 1 amide bonds. The number of carbonyl (C=O) groups excluding carboxylic acids is 1. The number of nitrogens with two attached hydrogens (primary N) is 1. The minimum atomic E-state index is -4.39. The summed E-state index contributed by atoms with van der Waals surface area (Å²) in [6, 6.07) is 5.39. The number of benzene rings is 1. The Hall–Kier alpha value is -1.96. The van der Waals surface area contributed by atoms with Crippen LogP contribution in [0, 0.1) is 0 Å². The number of alkyl halides is 3. The average Bonchev–Trinajstić information content (AvgIpc) is 2.83. The van der Waals surface area contributed by atoms with E-state index in [0.29, 0.717) is 18.7 Å². The molecule has 1 aromatic rings. The fourth-order valence-electron chi connectivity index (χ4n) is 3.94. The van der Waals surface area contributed by atoms with Gasteiger partial charge in [-0.25, -0.2) is 4.79 Å². The SMILES string of the molecule is CC(C)(C)OC(=O)N1C2CCC1CN(c1ccc(C[C@H](N)C(F)(F)F)cc1)C2. The zero-order valence-corrected chi connectivity index (χ0v) is 16.5. The van der Waals surface area contributed by atoms with Crippen LogP contribution in [0.5, 0.6) is 0 Å². The topological polar surface area (TPSA) is 58.8 Å². The van der Waals surface area contributed by atoms with E-state index in [1.54, 1.807) is 12.1 Å². The van der Waals surface area contributed by atoms with Gasteiger partial charge in [-0.1, -0.05) is 12.1 Å². The van der Waals surface area contributed by atoms with E-state index < -0.39 is 17.8 Å². The summed E-state index contributed by atoms with van der Waals surface area (Å²) in [4.78, 5) is 16.6. The zero-order chi connectivity index (χ0) is 20.7. The van der Waals surface area contributed by atoms with Crippen LogP contribution in [-0.4, -0.2) is 54.0 Å². The standard InChI is InChI=1S/C20H28F3N3O2/c1-19(2,3)28-18(27)26-15-8-9-16(26)12-25(11-15)14-6-4-13(5-7-14)10-17(24)20(21,22)23/h4-7,15-17H,8-12,24H2,1-3H3/t15?,16?,17-/m0/s1. The molecule has 2 unspecified atom stereocenters. The first-order valence-corrected chi connectivity index (χ1v) is 9.61. The Morgan fingerprint density at radius 3 is 2.14 bits per heavy atom. The summed E-state index contributed by atoms with van der Waals surface area (Å²) in [5.41, 5.74) is 6.19. The average molecular weight is 399 g/mol. The molecule has 2 aliphatic heterocycles. The van der Waals surface area contributed by atoms with Gasteiger partial charge in [0.25, 0.3) is 0 Å². The summed E-state index contributed by atoms with van der Waals surface area (Å²) in [5.74, 6) is 0. The molecule has 1 aromatic carbocycles. The molecule has 3 rings (SSSR count). The summed E-state index contributed by atoms with van der Waals surface area (Å²) in [7, 11) is 0. The monoisotopic (exact) mass is 399 g/mol. The molecule has 3 atom stereocenters. The number of hydrogen-bond acceptors (Lipinski definition) is 4. The van der Waals surface area contributed by atoms with E-state index in [2.05, 4.69) is 4.90 Å². The van der Waals surface area contributed by atoms with Crippen LogP contribution in [0.4, 0.5) is 23.7 Å². The highest BCUT2D eigenvalue weighted by molar-refractivity contribution is 5.70. The Morgan fingerprint density at radius 1 is 1.14 bits per heavy atom. The van der Waals surface area contributed by atoms with Crippen molar-refractivity contribution in [3.05, 3.63) is 29.8 Å². The fraction of sp³-hybridized carbons (Fsp3) is 0.650. The molecule has 2 bridgehead atoms. The number of amides is 1. The van der Waals surface area contributed by atoms with Crippen LogP contribution >= 0.6 is 0 Å². The molecule has 156 valence electrons. The maximum atomic E-state index is 12.6. The second-order valence-corrected chi connectivity index (χ2v) is 8.70. The van der Waals surface area contributed by atoms with Crippen molar-refractivity contribution in [3.8, 4) is 0 Å². The van der Waals surface area contributed by atoms with Crippen molar-refractivity contribution >= 4 is 11.8 Å². The smallest absolute Gasteiger partial charge is 0.410 e. The van der Waals surface area contributed by atoms with E-state index >= 15 is 0 Å². The quantitative estimate of drug-likeness (QED) is 0.842. The first kappa shape index (κ1) is 20.8. The molecule has 2 fully saturated rings. The van der Waals surface area contributed by atoms with Gasteiger partial charge in [0.1, 0.15) is 11.6 Å². The van der Waals surface area contributed by atoms with Crippen LogP contribution < -0.4 is 10.6 Å². The molecule has 0 saturated carbocycles. The van der Waals surface area contributed by atoms with Gasteiger partial charge in [-0.05, 0) is 57.7 Å². The molecule has 5 nitrogen and oxygen atoms in total. The van der Waals surface area contributed by atoms with Crippen molar-refractivity contribution in [1.29, 1.82) is 0 Å². The van der Waals surface area contributed by atoms with Crippen molar-refractivity contribution in [3.63, 3.8) is 0 Å². The summed E-state index contributed by atoms with van der Waals surface area (Å²) in [5, 5.41) is 0. The van der Waals surface area contributed by atoms with Gasteiger partial charge in [0.2, 0.25) is 0 Å². The van der Waals surface area contributed by atoms with E-state index in [1.807, 2.05) is 37.8 Å². The highest BCUT2D eigenvalue weighted by Crippen LogP contribution is 2.34. The fourth-order valence-corrected chi connectivity index (χ4v) is 3.94. The maximum Gasteiger partial charge on any atom is 0.410 e. The molecule has 0 spiro atoms. The summed E-state index contributed by atoms with van der Waals surface area (Å²) >= 11 is 0. The number of carbonyl (C=O) groups is 1.